The van der Waals surface area contributed by atoms with E-state index in [2.05, 4.69) is 28.1 Å². The first-order valence-electron chi connectivity index (χ1n) is 10.5. The molecule has 3 aromatic rings. The number of esters is 1. The first-order chi connectivity index (χ1) is 18.2. The van der Waals surface area contributed by atoms with E-state index in [4.69, 9.17) is 35.1 Å². The number of nitrogens with zero attached hydrogens (tertiary/aromatic N) is 4. The average molecular weight is 614 g/mol. The normalized spacial score (nSPS) is 22.9. The highest BCUT2D eigenvalue weighted by molar-refractivity contribution is 7.66. The van der Waals surface area contributed by atoms with Crippen molar-refractivity contribution in [2.45, 2.75) is 31.4 Å². The van der Waals surface area contributed by atoms with E-state index < -0.39 is 54.5 Å². The Hall–Kier alpha value is -2.57. The Kier molecular flexibility index (Phi) is 8.39. The lowest BCUT2D eigenvalue weighted by Gasteiger charge is -2.21. The highest BCUT2D eigenvalue weighted by Gasteiger charge is 2.44. The number of anilines is 1. The maximum absolute atomic E-state index is 12.7. The second-order valence-corrected chi connectivity index (χ2v) is 12.2. The summed E-state index contributed by atoms with van der Waals surface area (Å²) in [6.07, 6.45) is 0.218. The SMILES string of the molecule is NCc1ccoc1C(=O)O[C@@H]1C[C@H](n2cnc3c(N)ncnc32)OC1COP(=O)(O)OP(=O)(O)OP(=O)(O)O. The molecule has 0 radical (unpaired) electrons. The molecule has 1 fully saturated rings. The molecule has 39 heavy (non-hydrogen) atoms. The number of hydrogen-bond acceptors (Lipinski definition) is 15. The summed E-state index contributed by atoms with van der Waals surface area (Å²) in [7, 11) is -16.8. The highest BCUT2D eigenvalue weighted by atomic mass is 31.3. The minimum absolute atomic E-state index is 0.0393. The molecule has 23 heteroatoms. The highest BCUT2D eigenvalue weighted by Crippen LogP contribution is 2.66. The number of hydrogen-bond donors (Lipinski definition) is 6. The molecular formula is C16H21N6O14P3. The fraction of sp³-hybridized carbons (Fsp3) is 0.375. The van der Waals surface area contributed by atoms with Gasteiger partial charge in [-0.1, -0.05) is 0 Å². The standard InChI is InChI=1S/C16H21N6O14P3/c17-4-8-1-2-31-13(8)16(23)34-9-3-11(22-7-21-12-14(18)19-6-20-15(12)22)33-10(9)5-32-38(27,28)36-39(29,30)35-37(24,25)26/h1-2,6-7,9-11H,3-5,17H2,(H,27,28)(H,29,30)(H2,18,19,20)(H2,24,25,26)/t9-,10?,11-/m1/s1. The molecule has 4 rings (SSSR count). The number of fused-ring (bicyclic) bond motifs is 1. The summed E-state index contributed by atoms with van der Waals surface area (Å²) >= 11 is 0. The van der Waals surface area contributed by atoms with Crippen molar-refractivity contribution in [2.75, 3.05) is 12.3 Å². The molecule has 5 atom stereocenters. The van der Waals surface area contributed by atoms with Gasteiger partial charge in [0.25, 0.3) is 0 Å². The van der Waals surface area contributed by atoms with Gasteiger partial charge in [-0.25, -0.2) is 33.4 Å². The molecule has 0 aromatic carbocycles. The Balaban J connectivity index is 1.54. The quantitative estimate of drug-likeness (QED) is 0.125. The number of nitrogens with two attached hydrogens (primary N) is 2. The third-order valence-electron chi connectivity index (χ3n) is 5.11. The van der Waals surface area contributed by atoms with Crippen LogP contribution in [0, 0.1) is 0 Å². The van der Waals surface area contributed by atoms with Gasteiger partial charge in [0, 0.05) is 18.5 Å². The number of carbonyl (C=O) groups is 1. The van der Waals surface area contributed by atoms with E-state index in [0.29, 0.717) is 5.56 Å². The molecule has 214 valence electrons. The number of carbonyl (C=O) groups excluding carboxylic acids is 1. The van der Waals surface area contributed by atoms with Crippen LogP contribution < -0.4 is 11.5 Å². The lowest BCUT2D eigenvalue weighted by Crippen LogP contribution is -2.31. The van der Waals surface area contributed by atoms with Crippen molar-refractivity contribution in [3.8, 4) is 0 Å². The summed E-state index contributed by atoms with van der Waals surface area (Å²) in [6.45, 7) is -0.924. The predicted molar refractivity (Wildman–Crippen MR) is 124 cm³/mol. The van der Waals surface area contributed by atoms with Crippen LogP contribution in [-0.4, -0.2) is 63.9 Å². The number of imidazole rings is 1. The van der Waals surface area contributed by atoms with E-state index in [9.17, 15) is 28.3 Å². The largest absolute Gasteiger partial charge is 0.490 e. The summed E-state index contributed by atoms with van der Waals surface area (Å²) in [5.41, 5.74) is 12.2. The van der Waals surface area contributed by atoms with Gasteiger partial charge in [0.1, 0.15) is 30.3 Å². The van der Waals surface area contributed by atoms with Crippen LogP contribution in [0.4, 0.5) is 5.82 Å². The first kappa shape index (κ1) is 29.4. The van der Waals surface area contributed by atoms with Crippen molar-refractivity contribution in [3.63, 3.8) is 0 Å². The van der Waals surface area contributed by atoms with Crippen LogP contribution in [0.2, 0.25) is 0 Å². The molecule has 0 aliphatic carbocycles. The molecule has 1 aliphatic rings. The van der Waals surface area contributed by atoms with Gasteiger partial charge >= 0.3 is 29.4 Å². The van der Waals surface area contributed by atoms with Crippen molar-refractivity contribution in [1.29, 1.82) is 0 Å². The summed E-state index contributed by atoms with van der Waals surface area (Å²) in [5.74, 6) is -1.06. The Morgan fingerprint density at radius 2 is 1.87 bits per heavy atom. The fourth-order valence-corrected chi connectivity index (χ4v) is 6.59. The molecule has 0 amide bonds. The number of phosphoric ester groups is 1. The van der Waals surface area contributed by atoms with Crippen molar-refractivity contribution in [2.24, 2.45) is 5.73 Å². The van der Waals surface area contributed by atoms with Crippen molar-refractivity contribution in [3.05, 3.63) is 36.3 Å². The van der Waals surface area contributed by atoms with Crippen molar-refractivity contribution >= 4 is 46.4 Å². The molecule has 1 aliphatic heterocycles. The van der Waals surface area contributed by atoms with Crippen LogP contribution in [0.3, 0.4) is 0 Å². The number of aromatic nitrogens is 4. The Bertz CT molecular complexity index is 1500. The van der Waals surface area contributed by atoms with E-state index in [1.165, 1.54) is 29.6 Å². The van der Waals surface area contributed by atoms with E-state index in [1.807, 2.05) is 0 Å². The number of furan rings is 1. The third-order valence-corrected chi connectivity index (χ3v) is 8.91. The van der Waals surface area contributed by atoms with Gasteiger partial charge in [-0.15, -0.1) is 0 Å². The number of ether oxygens (including phenoxy) is 2. The topological polar surface area (TPSA) is 304 Å². The molecule has 0 bridgehead atoms. The van der Waals surface area contributed by atoms with Crippen molar-refractivity contribution in [1.82, 2.24) is 19.5 Å². The molecule has 3 unspecified atom stereocenters. The molecular weight excluding hydrogens is 593 g/mol. The van der Waals surface area contributed by atoms with Gasteiger partial charge in [-0.2, -0.15) is 8.62 Å². The average Bonchev–Trinajstić information content (AvgIpc) is 3.53. The lowest BCUT2D eigenvalue weighted by atomic mass is 10.2. The Labute approximate surface area is 217 Å². The fourth-order valence-electron chi connectivity index (χ4n) is 3.56. The van der Waals surface area contributed by atoms with E-state index in [0.717, 1.165) is 0 Å². The smallest absolute Gasteiger partial charge is 0.457 e. The van der Waals surface area contributed by atoms with Gasteiger partial charge in [0.15, 0.2) is 11.5 Å². The summed E-state index contributed by atoms with van der Waals surface area (Å²) in [6, 6.07) is 1.46. The van der Waals surface area contributed by atoms with Crippen LogP contribution >= 0.6 is 23.5 Å². The lowest BCUT2D eigenvalue weighted by molar-refractivity contribution is -0.0497. The van der Waals surface area contributed by atoms with E-state index >= 15 is 0 Å². The third kappa shape index (κ3) is 7.15. The Morgan fingerprint density at radius 3 is 2.56 bits per heavy atom. The number of rotatable bonds is 11. The number of phosphoric acid groups is 3. The zero-order valence-corrected chi connectivity index (χ0v) is 22.0. The zero-order chi connectivity index (χ0) is 28.6. The number of nitrogen functional groups attached to an aromatic ring is 1. The molecule has 0 spiro atoms. The molecule has 20 nitrogen and oxygen atoms in total. The second-order valence-electron chi connectivity index (χ2n) is 7.76. The Morgan fingerprint density at radius 1 is 1.13 bits per heavy atom. The van der Waals surface area contributed by atoms with E-state index in [1.54, 1.807) is 0 Å². The van der Waals surface area contributed by atoms with Crippen LogP contribution in [0.1, 0.15) is 28.8 Å². The second kappa shape index (κ2) is 11.1. The predicted octanol–water partition coefficient (Wildman–Crippen LogP) is 0.317. The summed E-state index contributed by atoms with van der Waals surface area (Å²) in [4.78, 5) is 61.3. The van der Waals surface area contributed by atoms with Crippen LogP contribution in [-0.2, 0) is 42.9 Å². The maximum Gasteiger partial charge on any atom is 0.490 e. The monoisotopic (exact) mass is 614 g/mol. The van der Waals surface area contributed by atoms with E-state index in [-0.39, 0.29) is 35.7 Å². The van der Waals surface area contributed by atoms with Crippen LogP contribution in [0.15, 0.2) is 29.4 Å². The summed E-state index contributed by atoms with van der Waals surface area (Å²) in [5, 5.41) is 0. The molecule has 3 aromatic heterocycles. The molecule has 0 saturated carbocycles. The molecule has 4 heterocycles. The van der Waals surface area contributed by atoms with Gasteiger partial charge in [0.2, 0.25) is 5.76 Å². The maximum atomic E-state index is 12.7. The first-order valence-corrected chi connectivity index (χ1v) is 15.0. The summed E-state index contributed by atoms with van der Waals surface area (Å²) < 4.78 is 64.6. The minimum atomic E-state index is -5.75. The minimum Gasteiger partial charge on any atom is -0.457 e. The zero-order valence-electron chi connectivity index (χ0n) is 19.3. The molecule has 8 N–H and O–H groups in total. The molecule has 1 saturated heterocycles. The van der Waals surface area contributed by atoms with Gasteiger partial charge in [0.05, 0.1) is 19.2 Å². The van der Waals surface area contributed by atoms with Gasteiger partial charge in [-0.3, -0.25) is 9.09 Å². The van der Waals surface area contributed by atoms with Gasteiger partial charge < -0.3 is 44.9 Å². The van der Waals surface area contributed by atoms with Gasteiger partial charge in [-0.05, 0) is 6.07 Å². The van der Waals surface area contributed by atoms with Crippen LogP contribution in [0.25, 0.3) is 11.2 Å². The van der Waals surface area contributed by atoms with Crippen molar-refractivity contribution < 1.29 is 65.1 Å². The van der Waals surface area contributed by atoms with Crippen LogP contribution in [0.5, 0.6) is 0 Å².